The van der Waals surface area contributed by atoms with Crippen LogP contribution in [0.4, 0.5) is 0 Å². The van der Waals surface area contributed by atoms with Crippen LogP contribution < -0.4 is 0 Å². The zero-order valence-electron chi connectivity index (χ0n) is 10.2. The number of benzene rings is 2. The van der Waals surface area contributed by atoms with Crippen LogP contribution in [0.5, 0.6) is 0 Å². The molecule has 2 rings (SSSR count). The van der Waals surface area contributed by atoms with E-state index in [1.54, 1.807) is 0 Å². The number of hydrogen-bond donors (Lipinski definition) is 1. The van der Waals surface area contributed by atoms with Gasteiger partial charge in [0.25, 0.3) is 0 Å². The second kappa shape index (κ2) is 6.31. The number of aliphatic hydroxyl groups excluding tert-OH is 1. The second-order valence-electron chi connectivity index (χ2n) is 4.16. The predicted molar refractivity (Wildman–Crippen MR) is 77.9 cm³/mol. The number of allylic oxidation sites excluding steroid dienone is 1. The molecular formula is C16H16OS. The van der Waals surface area contributed by atoms with E-state index in [9.17, 15) is 0 Å². The smallest absolute Gasteiger partial charge is 0.0894 e. The van der Waals surface area contributed by atoms with Gasteiger partial charge in [-0.05, 0) is 23.3 Å². The van der Waals surface area contributed by atoms with Crippen molar-refractivity contribution in [1.29, 1.82) is 0 Å². The predicted octanol–water partition coefficient (Wildman–Crippen LogP) is 4.59. The van der Waals surface area contributed by atoms with Crippen molar-refractivity contribution in [1.82, 2.24) is 0 Å². The molecule has 2 aromatic rings. The highest BCUT2D eigenvalue weighted by molar-refractivity contribution is 7.98. The molecule has 2 aromatic carbocycles. The zero-order valence-corrected chi connectivity index (χ0v) is 11.0. The minimum absolute atomic E-state index is 0.208. The molecule has 0 radical (unpaired) electrons. The van der Waals surface area contributed by atoms with Crippen LogP contribution in [0.2, 0.25) is 0 Å². The molecule has 0 heterocycles. The summed E-state index contributed by atoms with van der Waals surface area (Å²) < 4.78 is 0. The molecule has 0 bridgehead atoms. The maximum Gasteiger partial charge on any atom is 0.0894 e. The van der Waals surface area contributed by atoms with Gasteiger partial charge in [-0.1, -0.05) is 49.0 Å². The first-order valence-electron chi connectivity index (χ1n) is 5.86. The number of rotatable bonds is 5. The number of aliphatic hydroxyl groups is 1. The zero-order chi connectivity index (χ0) is 12.8. The molecule has 1 N–H and O–H groups in total. The molecule has 0 aliphatic carbocycles. The van der Waals surface area contributed by atoms with Crippen molar-refractivity contribution in [2.24, 2.45) is 0 Å². The van der Waals surface area contributed by atoms with Gasteiger partial charge in [0.05, 0.1) is 5.76 Å². The van der Waals surface area contributed by atoms with Gasteiger partial charge in [-0.3, -0.25) is 0 Å². The van der Waals surface area contributed by atoms with Gasteiger partial charge in [0, 0.05) is 17.1 Å². The lowest BCUT2D eigenvalue weighted by molar-refractivity contribution is 0.401. The quantitative estimate of drug-likeness (QED) is 0.623. The second-order valence-corrected chi connectivity index (χ2v) is 5.21. The first-order valence-corrected chi connectivity index (χ1v) is 6.85. The van der Waals surface area contributed by atoms with Crippen molar-refractivity contribution in [2.45, 2.75) is 17.1 Å². The highest BCUT2D eigenvalue weighted by Crippen LogP contribution is 2.23. The molecule has 0 saturated carbocycles. The summed E-state index contributed by atoms with van der Waals surface area (Å²) >= 11 is 1.82. The molecule has 0 aliphatic heterocycles. The molecular weight excluding hydrogens is 240 g/mol. The summed E-state index contributed by atoms with van der Waals surface area (Å²) in [7, 11) is 0. The Balaban J connectivity index is 1.92. The fourth-order valence-electron chi connectivity index (χ4n) is 1.68. The van der Waals surface area contributed by atoms with Crippen molar-refractivity contribution >= 4 is 11.8 Å². The summed E-state index contributed by atoms with van der Waals surface area (Å²) in [6.07, 6.45) is 0.531. The van der Waals surface area contributed by atoms with E-state index in [0.29, 0.717) is 6.42 Å². The van der Waals surface area contributed by atoms with Crippen LogP contribution in [0.15, 0.2) is 71.8 Å². The molecule has 0 aliphatic rings. The molecule has 0 aromatic heterocycles. The van der Waals surface area contributed by atoms with Gasteiger partial charge in [0.2, 0.25) is 0 Å². The van der Waals surface area contributed by atoms with E-state index in [1.165, 1.54) is 10.5 Å². The molecule has 2 heteroatoms. The van der Waals surface area contributed by atoms with Gasteiger partial charge in [-0.15, -0.1) is 11.8 Å². The van der Waals surface area contributed by atoms with Crippen LogP contribution in [0.1, 0.15) is 11.1 Å². The van der Waals surface area contributed by atoms with Crippen molar-refractivity contribution in [2.75, 3.05) is 0 Å². The Morgan fingerprint density at radius 2 is 1.61 bits per heavy atom. The molecule has 0 spiro atoms. The first-order chi connectivity index (χ1) is 8.74. The summed E-state index contributed by atoms with van der Waals surface area (Å²) in [6.45, 7) is 3.50. The average molecular weight is 256 g/mol. The van der Waals surface area contributed by atoms with Crippen molar-refractivity contribution < 1.29 is 5.11 Å². The maximum absolute atomic E-state index is 9.13. The molecule has 1 nitrogen and oxygen atoms in total. The van der Waals surface area contributed by atoms with E-state index in [2.05, 4.69) is 43.0 Å². The summed E-state index contributed by atoms with van der Waals surface area (Å²) in [4.78, 5) is 1.24. The maximum atomic E-state index is 9.13. The third-order valence-electron chi connectivity index (χ3n) is 2.58. The van der Waals surface area contributed by atoms with E-state index in [0.717, 1.165) is 11.3 Å². The highest BCUT2D eigenvalue weighted by atomic mass is 32.2. The van der Waals surface area contributed by atoms with Crippen molar-refractivity contribution in [3.8, 4) is 0 Å². The third-order valence-corrected chi connectivity index (χ3v) is 3.66. The molecule has 18 heavy (non-hydrogen) atoms. The average Bonchev–Trinajstić information content (AvgIpc) is 2.38. The monoisotopic (exact) mass is 256 g/mol. The SMILES string of the molecule is C=C(O)Cc1ccc(SCc2ccccc2)cc1. The molecule has 0 saturated heterocycles. The van der Waals surface area contributed by atoms with Crippen LogP contribution in [0, 0.1) is 0 Å². The Morgan fingerprint density at radius 1 is 0.944 bits per heavy atom. The summed E-state index contributed by atoms with van der Waals surface area (Å²) in [5.74, 6) is 1.19. The van der Waals surface area contributed by atoms with Gasteiger partial charge < -0.3 is 5.11 Å². The van der Waals surface area contributed by atoms with Crippen LogP contribution >= 0.6 is 11.8 Å². The van der Waals surface area contributed by atoms with Crippen LogP contribution in [0.25, 0.3) is 0 Å². The molecule has 92 valence electrons. The van der Waals surface area contributed by atoms with Gasteiger partial charge in [0.1, 0.15) is 0 Å². The fourth-order valence-corrected chi connectivity index (χ4v) is 2.53. The van der Waals surface area contributed by atoms with Gasteiger partial charge in [-0.25, -0.2) is 0 Å². The Kier molecular flexibility index (Phi) is 4.48. The van der Waals surface area contributed by atoms with E-state index >= 15 is 0 Å². The third kappa shape index (κ3) is 3.97. The lowest BCUT2D eigenvalue weighted by Gasteiger charge is -2.04. The highest BCUT2D eigenvalue weighted by Gasteiger charge is 1.98. The molecule has 0 amide bonds. The Bertz CT molecular complexity index is 502. The topological polar surface area (TPSA) is 20.2 Å². The van der Waals surface area contributed by atoms with E-state index in [4.69, 9.17) is 5.11 Å². The lowest BCUT2D eigenvalue weighted by atomic mass is 10.1. The summed E-state index contributed by atoms with van der Waals surface area (Å²) in [5.41, 5.74) is 2.42. The van der Waals surface area contributed by atoms with Crippen LogP contribution in [-0.2, 0) is 12.2 Å². The van der Waals surface area contributed by atoms with Crippen molar-refractivity contribution in [3.63, 3.8) is 0 Å². The van der Waals surface area contributed by atoms with E-state index in [-0.39, 0.29) is 5.76 Å². The van der Waals surface area contributed by atoms with Crippen LogP contribution in [0.3, 0.4) is 0 Å². The molecule has 0 unspecified atom stereocenters. The van der Waals surface area contributed by atoms with Gasteiger partial charge in [-0.2, -0.15) is 0 Å². The summed E-state index contributed by atoms with van der Waals surface area (Å²) in [6, 6.07) is 18.7. The standard InChI is InChI=1S/C16H16OS/c1-13(17)11-14-7-9-16(10-8-14)18-12-15-5-3-2-4-6-15/h2-10,17H,1,11-12H2. The minimum atomic E-state index is 0.208. The van der Waals surface area contributed by atoms with Crippen LogP contribution in [-0.4, -0.2) is 5.11 Å². The normalized spacial score (nSPS) is 10.2. The Morgan fingerprint density at radius 3 is 2.22 bits per heavy atom. The number of hydrogen-bond acceptors (Lipinski definition) is 2. The first kappa shape index (κ1) is 12.8. The largest absolute Gasteiger partial charge is 0.513 e. The molecule has 0 atom stereocenters. The fraction of sp³-hybridized carbons (Fsp3) is 0.125. The van der Waals surface area contributed by atoms with E-state index in [1.807, 2.05) is 30.0 Å². The minimum Gasteiger partial charge on any atom is -0.513 e. The Hall–Kier alpha value is -1.67. The van der Waals surface area contributed by atoms with E-state index < -0.39 is 0 Å². The van der Waals surface area contributed by atoms with Gasteiger partial charge in [0.15, 0.2) is 0 Å². The van der Waals surface area contributed by atoms with Gasteiger partial charge >= 0.3 is 0 Å². The number of thioether (sulfide) groups is 1. The Labute approximate surface area is 112 Å². The lowest BCUT2D eigenvalue weighted by Crippen LogP contribution is -1.87. The summed E-state index contributed by atoms with van der Waals surface area (Å²) in [5, 5.41) is 9.13. The van der Waals surface area contributed by atoms with Crippen molar-refractivity contribution in [3.05, 3.63) is 78.1 Å². The molecule has 0 fully saturated rings.